The number of methoxy groups -OCH3 is 1. The SMILES string of the molecule is COCCOC(=O)CCNC(C)C. The highest BCUT2D eigenvalue weighted by Gasteiger charge is 2.01. The molecule has 0 aromatic heterocycles. The van der Waals surface area contributed by atoms with Gasteiger partial charge in [0.25, 0.3) is 0 Å². The normalized spacial score (nSPS) is 10.5. The smallest absolute Gasteiger partial charge is 0.307 e. The Kier molecular flexibility index (Phi) is 7.63. The van der Waals surface area contributed by atoms with Crippen LogP contribution in [-0.2, 0) is 14.3 Å². The van der Waals surface area contributed by atoms with E-state index in [9.17, 15) is 4.79 Å². The first-order valence-electron chi connectivity index (χ1n) is 4.54. The molecule has 0 aromatic rings. The third-order valence-corrected chi connectivity index (χ3v) is 1.43. The van der Waals surface area contributed by atoms with Crippen molar-refractivity contribution in [3.63, 3.8) is 0 Å². The first-order valence-corrected chi connectivity index (χ1v) is 4.54. The predicted molar refractivity (Wildman–Crippen MR) is 50.6 cm³/mol. The van der Waals surface area contributed by atoms with E-state index in [0.29, 0.717) is 32.2 Å². The van der Waals surface area contributed by atoms with Crippen molar-refractivity contribution >= 4 is 5.97 Å². The van der Waals surface area contributed by atoms with Crippen LogP contribution in [0.4, 0.5) is 0 Å². The van der Waals surface area contributed by atoms with Gasteiger partial charge in [-0.15, -0.1) is 0 Å². The molecule has 0 atom stereocenters. The summed E-state index contributed by atoms with van der Waals surface area (Å²) in [7, 11) is 1.58. The van der Waals surface area contributed by atoms with Gasteiger partial charge in [0.2, 0.25) is 0 Å². The second kappa shape index (κ2) is 8.01. The lowest BCUT2D eigenvalue weighted by molar-refractivity contribution is -0.144. The van der Waals surface area contributed by atoms with Gasteiger partial charge in [-0.25, -0.2) is 0 Å². The molecule has 0 saturated carbocycles. The van der Waals surface area contributed by atoms with Gasteiger partial charge >= 0.3 is 5.97 Å². The molecular formula is C9H19NO3. The second-order valence-electron chi connectivity index (χ2n) is 3.07. The van der Waals surface area contributed by atoms with Crippen molar-refractivity contribution < 1.29 is 14.3 Å². The Morgan fingerprint density at radius 3 is 2.62 bits per heavy atom. The van der Waals surface area contributed by atoms with Gasteiger partial charge in [0, 0.05) is 19.7 Å². The summed E-state index contributed by atoms with van der Waals surface area (Å²) >= 11 is 0. The fraction of sp³-hybridized carbons (Fsp3) is 0.889. The van der Waals surface area contributed by atoms with Crippen molar-refractivity contribution in [2.24, 2.45) is 0 Å². The molecule has 0 aliphatic carbocycles. The number of rotatable bonds is 7. The van der Waals surface area contributed by atoms with E-state index in [2.05, 4.69) is 5.32 Å². The topological polar surface area (TPSA) is 47.6 Å². The second-order valence-corrected chi connectivity index (χ2v) is 3.07. The van der Waals surface area contributed by atoms with Gasteiger partial charge in [0.1, 0.15) is 6.61 Å². The number of nitrogens with one attached hydrogen (secondary N) is 1. The van der Waals surface area contributed by atoms with E-state index in [-0.39, 0.29) is 5.97 Å². The van der Waals surface area contributed by atoms with Gasteiger partial charge in [-0.1, -0.05) is 13.8 Å². The minimum absolute atomic E-state index is 0.176. The standard InChI is InChI=1S/C9H19NO3/c1-8(2)10-5-4-9(11)13-7-6-12-3/h8,10H,4-7H2,1-3H3. The maximum absolute atomic E-state index is 11.0. The van der Waals surface area contributed by atoms with E-state index in [4.69, 9.17) is 9.47 Å². The van der Waals surface area contributed by atoms with E-state index in [1.165, 1.54) is 0 Å². The van der Waals surface area contributed by atoms with Crippen LogP contribution in [0.3, 0.4) is 0 Å². The van der Waals surface area contributed by atoms with Gasteiger partial charge < -0.3 is 14.8 Å². The summed E-state index contributed by atoms with van der Waals surface area (Å²) in [4.78, 5) is 11.0. The van der Waals surface area contributed by atoms with Crippen LogP contribution in [0.5, 0.6) is 0 Å². The highest BCUT2D eigenvalue weighted by molar-refractivity contribution is 5.69. The van der Waals surface area contributed by atoms with Crippen molar-refractivity contribution in [1.29, 1.82) is 0 Å². The molecule has 0 spiro atoms. The summed E-state index contributed by atoms with van der Waals surface area (Å²) in [5, 5.41) is 3.13. The van der Waals surface area contributed by atoms with Crippen LogP contribution in [0, 0.1) is 0 Å². The fourth-order valence-electron chi connectivity index (χ4n) is 0.774. The summed E-state index contributed by atoms with van der Waals surface area (Å²) in [6.45, 7) is 5.55. The van der Waals surface area contributed by atoms with E-state index in [1.807, 2.05) is 13.8 Å². The molecular weight excluding hydrogens is 170 g/mol. The molecule has 0 amide bonds. The molecule has 0 saturated heterocycles. The summed E-state index contributed by atoms with van der Waals surface area (Å²) in [5.74, 6) is -0.176. The Balaban J connectivity index is 3.20. The number of carbonyl (C=O) groups excluding carboxylic acids is 1. The van der Waals surface area contributed by atoms with E-state index in [1.54, 1.807) is 7.11 Å². The third-order valence-electron chi connectivity index (χ3n) is 1.43. The van der Waals surface area contributed by atoms with E-state index in [0.717, 1.165) is 0 Å². The van der Waals surface area contributed by atoms with Gasteiger partial charge in [-0.2, -0.15) is 0 Å². The predicted octanol–water partition coefficient (Wildman–Crippen LogP) is 0.564. The van der Waals surface area contributed by atoms with Crippen molar-refractivity contribution in [2.45, 2.75) is 26.3 Å². The molecule has 13 heavy (non-hydrogen) atoms. The molecule has 0 heterocycles. The monoisotopic (exact) mass is 189 g/mol. The largest absolute Gasteiger partial charge is 0.463 e. The van der Waals surface area contributed by atoms with Crippen LogP contribution < -0.4 is 5.32 Å². The molecule has 0 rings (SSSR count). The van der Waals surface area contributed by atoms with Crippen LogP contribution >= 0.6 is 0 Å². The van der Waals surface area contributed by atoms with Gasteiger partial charge in [0.15, 0.2) is 0 Å². The highest BCUT2D eigenvalue weighted by atomic mass is 16.6. The first-order chi connectivity index (χ1) is 6.16. The summed E-state index contributed by atoms with van der Waals surface area (Å²) < 4.78 is 9.60. The summed E-state index contributed by atoms with van der Waals surface area (Å²) in [6.07, 6.45) is 0.419. The summed E-state index contributed by atoms with van der Waals surface area (Å²) in [6, 6.07) is 0.409. The maximum atomic E-state index is 11.0. The molecule has 1 N–H and O–H groups in total. The van der Waals surface area contributed by atoms with E-state index >= 15 is 0 Å². The quantitative estimate of drug-likeness (QED) is 0.469. The van der Waals surface area contributed by atoms with Crippen molar-refractivity contribution in [2.75, 3.05) is 26.9 Å². The number of esters is 1. The lowest BCUT2D eigenvalue weighted by Crippen LogP contribution is -2.26. The van der Waals surface area contributed by atoms with Crippen molar-refractivity contribution in [3.8, 4) is 0 Å². The highest BCUT2D eigenvalue weighted by Crippen LogP contribution is 1.86. The van der Waals surface area contributed by atoms with E-state index < -0.39 is 0 Å². The number of hydrogen-bond donors (Lipinski definition) is 1. The molecule has 0 aromatic carbocycles. The molecule has 0 aliphatic heterocycles. The Bertz CT molecular complexity index is 137. The average molecular weight is 189 g/mol. The zero-order valence-electron chi connectivity index (χ0n) is 8.63. The van der Waals surface area contributed by atoms with Crippen LogP contribution in [0.2, 0.25) is 0 Å². The molecule has 0 bridgehead atoms. The summed E-state index contributed by atoms with van der Waals surface area (Å²) in [5.41, 5.74) is 0. The Labute approximate surface area is 79.6 Å². The van der Waals surface area contributed by atoms with Crippen molar-refractivity contribution in [3.05, 3.63) is 0 Å². The number of ether oxygens (including phenoxy) is 2. The molecule has 78 valence electrons. The van der Waals surface area contributed by atoms with Crippen molar-refractivity contribution in [1.82, 2.24) is 5.32 Å². The Morgan fingerprint density at radius 2 is 2.08 bits per heavy atom. The van der Waals surface area contributed by atoms with Gasteiger partial charge in [-0.3, -0.25) is 4.79 Å². The molecule has 4 nitrogen and oxygen atoms in total. The van der Waals surface area contributed by atoms with Gasteiger partial charge in [-0.05, 0) is 0 Å². The minimum Gasteiger partial charge on any atom is -0.463 e. The molecule has 0 radical (unpaired) electrons. The molecule has 0 unspecified atom stereocenters. The maximum Gasteiger partial charge on any atom is 0.307 e. The Morgan fingerprint density at radius 1 is 1.38 bits per heavy atom. The van der Waals surface area contributed by atoms with Gasteiger partial charge in [0.05, 0.1) is 13.0 Å². The molecule has 4 heteroatoms. The number of carbonyl (C=O) groups is 1. The molecule has 0 fully saturated rings. The average Bonchev–Trinajstić information content (AvgIpc) is 2.04. The lowest BCUT2D eigenvalue weighted by Gasteiger charge is -2.07. The zero-order chi connectivity index (χ0) is 10.1. The third kappa shape index (κ3) is 9.30. The minimum atomic E-state index is -0.176. The zero-order valence-corrected chi connectivity index (χ0v) is 8.63. The fourth-order valence-corrected chi connectivity index (χ4v) is 0.774. The van der Waals surface area contributed by atoms with Crippen LogP contribution in [0.1, 0.15) is 20.3 Å². The first kappa shape index (κ1) is 12.4. The van der Waals surface area contributed by atoms with Crippen LogP contribution in [0.25, 0.3) is 0 Å². The molecule has 0 aliphatic rings. The van der Waals surface area contributed by atoms with Crippen LogP contribution in [-0.4, -0.2) is 38.9 Å². The lowest BCUT2D eigenvalue weighted by atomic mass is 10.3. The van der Waals surface area contributed by atoms with Crippen LogP contribution in [0.15, 0.2) is 0 Å². The number of hydrogen-bond acceptors (Lipinski definition) is 4. The Hall–Kier alpha value is -0.610.